The van der Waals surface area contributed by atoms with Crippen LogP contribution in [0, 0.1) is 11.3 Å². The summed E-state index contributed by atoms with van der Waals surface area (Å²) in [6, 6.07) is 0. The van der Waals surface area contributed by atoms with E-state index < -0.39 is 11.4 Å². The van der Waals surface area contributed by atoms with Crippen LogP contribution in [0.2, 0.25) is 0 Å². The molecule has 0 bridgehead atoms. The van der Waals surface area contributed by atoms with E-state index in [-0.39, 0.29) is 24.3 Å². The van der Waals surface area contributed by atoms with E-state index in [4.69, 9.17) is 10.5 Å². The average molecular weight is 286 g/mol. The fourth-order valence-electron chi connectivity index (χ4n) is 2.55. The lowest BCUT2D eigenvalue weighted by Gasteiger charge is -2.39. The molecule has 0 aromatic rings. The SMILES string of the molecule is COC(CN)CC(=O)N1CCCC(C(C)(C)C(=O)O)C1. The van der Waals surface area contributed by atoms with Gasteiger partial charge >= 0.3 is 5.97 Å². The molecule has 1 aliphatic heterocycles. The number of carbonyl (C=O) groups excluding carboxylic acids is 1. The van der Waals surface area contributed by atoms with Gasteiger partial charge < -0.3 is 20.5 Å². The molecule has 2 atom stereocenters. The molecular weight excluding hydrogens is 260 g/mol. The highest BCUT2D eigenvalue weighted by molar-refractivity contribution is 5.77. The number of carboxylic acid groups (broad SMARTS) is 1. The minimum atomic E-state index is -0.812. The summed E-state index contributed by atoms with van der Waals surface area (Å²) in [5, 5.41) is 9.30. The predicted octanol–water partition coefficient (Wildman–Crippen LogP) is 0.700. The van der Waals surface area contributed by atoms with Crippen molar-refractivity contribution in [3.8, 4) is 0 Å². The Morgan fingerprint density at radius 1 is 1.50 bits per heavy atom. The number of aliphatic carboxylic acids is 1. The number of carboxylic acids is 1. The van der Waals surface area contributed by atoms with Crippen LogP contribution in [0.1, 0.15) is 33.1 Å². The highest BCUT2D eigenvalue weighted by Gasteiger charge is 2.40. The fourth-order valence-corrected chi connectivity index (χ4v) is 2.55. The van der Waals surface area contributed by atoms with Crippen LogP contribution in [0.25, 0.3) is 0 Å². The Kier molecular flexibility index (Phi) is 5.95. The molecule has 0 spiro atoms. The van der Waals surface area contributed by atoms with Gasteiger partial charge in [-0.1, -0.05) is 0 Å². The first-order chi connectivity index (χ1) is 9.32. The minimum Gasteiger partial charge on any atom is -0.481 e. The van der Waals surface area contributed by atoms with Gasteiger partial charge in [0.1, 0.15) is 0 Å². The molecule has 0 aliphatic carbocycles. The number of carbonyl (C=O) groups is 2. The molecule has 0 saturated carbocycles. The molecule has 0 radical (unpaired) electrons. The second-order valence-corrected chi connectivity index (χ2v) is 6.00. The van der Waals surface area contributed by atoms with Crippen molar-refractivity contribution in [3.63, 3.8) is 0 Å². The summed E-state index contributed by atoms with van der Waals surface area (Å²) < 4.78 is 5.13. The molecular formula is C14H26N2O4. The van der Waals surface area contributed by atoms with Crippen LogP contribution in [0.15, 0.2) is 0 Å². The third-order valence-corrected chi connectivity index (χ3v) is 4.34. The molecule has 20 heavy (non-hydrogen) atoms. The molecule has 3 N–H and O–H groups in total. The molecule has 0 aromatic carbocycles. The van der Waals surface area contributed by atoms with E-state index in [1.807, 2.05) is 0 Å². The molecule has 2 unspecified atom stereocenters. The lowest BCUT2D eigenvalue weighted by Crippen LogP contribution is -2.47. The van der Waals surface area contributed by atoms with Crippen LogP contribution in [-0.4, -0.2) is 54.7 Å². The number of methoxy groups -OCH3 is 1. The van der Waals surface area contributed by atoms with Crippen LogP contribution in [0.4, 0.5) is 0 Å². The number of hydrogen-bond donors (Lipinski definition) is 2. The van der Waals surface area contributed by atoms with E-state index >= 15 is 0 Å². The van der Waals surface area contributed by atoms with Crippen LogP contribution < -0.4 is 5.73 Å². The summed E-state index contributed by atoms with van der Waals surface area (Å²) >= 11 is 0. The second-order valence-electron chi connectivity index (χ2n) is 6.00. The summed E-state index contributed by atoms with van der Waals surface area (Å²) in [6.45, 7) is 4.95. The smallest absolute Gasteiger partial charge is 0.309 e. The first-order valence-electron chi connectivity index (χ1n) is 7.07. The van der Waals surface area contributed by atoms with Crippen molar-refractivity contribution in [3.05, 3.63) is 0 Å². The monoisotopic (exact) mass is 286 g/mol. The van der Waals surface area contributed by atoms with Crippen LogP contribution in [0.3, 0.4) is 0 Å². The van der Waals surface area contributed by atoms with Gasteiger partial charge in [0.15, 0.2) is 0 Å². The number of nitrogens with two attached hydrogens (primary N) is 1. The Morgan fingerprint density at radius 2 is 2.15 bits per heavy atom. The Bertz CT molecular complexity index is 353. The summed E-state index contributed by atoms with van der Waals surface area (Å²) in [7, 11) is 1.54. The van der Waals surface area contributed by atoms with Crippen molar-refractivity contribution >= 4 is 11.9 Å². The zero-order chi connectivity index (χ0) is 15.3. The van der Waals surface area contributed by atoms with Gasteiger partial charge in [0.05, 0.1) is 17.9 Å². The highest BCUT2D eigenvalue weighted by atomic mass is 16.5. The molecule has 116 valence electrons. The molecule has 1 saturated heterocycles. The third-order valence-electron chi connectivity index (χ3n) is 4.34. The van der Waals surface area contributed by atoms with Crippen molar-refractivity contribution < 1.29 is 19.4 Å². The number of rotatable bonds is 6. The molecule has 6 nitrogen and oxygen atoms in total. The van der Waals surface area contributed by atoms with Gasteiger partial charge in [-0.15, -0.1) is 0 Å². The van der Waals surface area contributed by atoms with Crippen molar-refractivity contribution in [2.24, 2.45) is 17.1 Å². The van der Waals surface area contributed by atoms with Crippen molar-refractivity contribution in [2.75, 3.05) is 26.7 Å². The summed E-state index contributed by atoms with van der Waals surface area (Å²) in [5.41, 5.74) is 4.71. The lowest BCUT2D eigenvalue weighted by molar-refractivity contribution is -0.153. The quantitative estimate of drug-likeness (QED) is 0.749. The molecule has 1 rings (SSSR count). The van der Waals surface area contributed by atoms with E-state index in [0.717, 1.165) is 12.8 Å². The number of ether oxygens (including phenoxy) is 1. The largest absolute Gasteiger partial charge is 0.481 e. The van der Waals surface area contributed by atoms with Gasteiger partial charge in [-0.2, -0.15) is 0 Å². The van der Waals surface area contributed by atoms with E-state index in [9.17, 15) is 14.7 Å². The van der Waals surface area contributed by atoms with Gasteiger partial charge in [-0.25, -0.2) is 0 Å². The van der Waals surface area contributed by atoms with E-state index in [1.54, 1.807) is 18.7 Å². The molecule has 1 aliphatic rings. The highest BCUT2D eigenvalue weighted by Crippen LogP contribution is 2.34. The molecule has 1 heterocycles. The van der Waals surface area contributed by atoms with Crippen molar-refractivity contribution in [1.82, 2.24) is 4.90 Å². The normalized spacial score (nSPS) is 21.6. The standard InChI is InChI=1S/C14H26N2O4/c1-14(2,13(18)19)10-5-4-6-16(9-10)12(17)7-11(8-15)20-3/h10-11H,4-9,15H2,1-3H3,(H,18,19). The van der Waals surface area contributed by atoms with E-state index in [1.165, 1.54) is 7.11 Å². The number of amides is 1. The van der Waals surface area contributed by atoms with Gasteiger partial charge in [0, 0.05) is 26.7 Å². The second kappa shape index (κ2) is 7.04. The van der Waals surface area contributed by atoms with Gasteiger partial charge in [0.25, 0.3) is 0 Å². The molecule has 1 fully saturated rings. The Balaban J connectivity index is 2.65. The van der Waals surface area contributed by atoms with Gasteiger partial charge in [-0.3, -0.25) is 9.59 Å². The zero-order valence-corrected chi connectivity index (χ0v) is 12.6. The van der Waals surface area contributed by atoms with Gasteiger partial charge in [-0.05, 0) is 32.6 Å². The minimum absolute atomic E-state index is 0.00631. The van der Waals surface area contributed by atoms with E-state index in [2.05, 4.69) is 0 Å². The molecule has 1 amide bonds. The van der Waals surface area contributed by atoms with Crippen LogP contribution >= 0.6 is 0 Å². The maximum Gasteiger partial charge on any atom is 0.309 e. The summed E-state index contributed by atoms with van der Waals surface area (Å²) in [4.78, 5) is 25.3. The number of nitrogens with zero attached hydrogens (tertiary/aromatic N) is 1. The zero-order valence-electron chi connectivity index (χ0n) is 12.6. The first-order valence-corrected chi connectivity index (χ1v) is 7.07. The third kappa shape index (κ3) is 3.93. The van der Waals surface area contributed by atoms with Gasteiger partial charge in [0.2, 0.25) is 5.91 Å². The van der Waals surface area contributed by atoms with Crippen molar-refractivity contribution in [1.29, 1.82) is 0 Å². The number of likely N-dealkylation sites (tertiary alicyclic amines) is 1. The molecule has 0 aromatic heterocycles. The summed E-state index contributed by atoms with van der Waals surface area (Å²) in [5.74, 6) is -0.835. The van der Waals surface area contributed by atoms with Crippen LogP contribution in [0.5, 0.6) is 0 Å². The summed E-state index contributed by atoms with van der Waals surface area (Å²) in [6.07, 6.45) is 1.67. The first kappa shape index (κ1) is 16.9. The maximum atomic E-state index is 12.2. The Morgan fingerprint density at radius 3 is 2.65 bits per heavy atom. The Hall–Kier alpha value is -1.14. The predicted molar refractivity (Wildman–Crippen MR) is 75.2 cm³/mol. The number of hydrogen-bond acceptors (Lipinski definition) is 4. The van der Waals surface area contributed by atoms with Crippen molar-refractivity contribution in [2.45, 2.75) is 39.2 Å². The van der Waals surface area contributed by atoms with E-state index in [0.29, 0.717) is 19.6 Å². The Labute approximate surface area is 120 Å². The number of piperidine rings is 1. The molecule has 6 heteroatoms. The lowest BCUT2D eigenvalue weighted by atomic mass is 9.74. The van der Waals surface area contributed by atoms with Crippen LogP contribution in [-0.2, 0) is 14.3 Å². The topological polar surface area (TPSA) is 92.9 Å². The maximum absolute atomic E-state index is 12.2. The average Bonchev–Trinajstić information content (AvgIpc) is 2.44. The fraction of sp³-hybridized carbons (Fsp3) is 0.857.